The van der Waals surface area contributed by atoms with Gasteiger partial charge < -0.3 is 10.8 Å². The summed E-state index contributed by atoms with van der Waals surface area (Å²) in [6.45, 7) is 0. The number of hydrogen-bond donors (Lipinski definition) is 3. The van der Waals surface area contributed by atoms with Crippen LogP contribution in [0.5, 0.6) is 0 Å². The van der Waals surface area contributed by atoms with Crippen molar-refractivity contribution >= 4 is 21.5 Å². The fourth-order valence-electron chi connectivity index (χ4n) is 3.50. The molecule has 1 aliphatic rings. The molecule has 10 heteroatoms. The molecule has 1 fully saturated rings. The van der Waals surface area contributed by atoms with Gasteiger partial charge in [-0.3, -0.25) is 4.40 Å². The number of rotatable bonds is 4. The average Bonchev–Trinajstić information content (AvgIpc) is 3.09. The van der Waals surface area contributed by atoms with Crippen LogP contribution < -0.4 is 10.5 Å². The zero-order chi connectivity index (χ0) is 19.9. The minimum Gasteiger partial charge on any atom is -0.393 e. The number of fused-ring (bicyclic) bond motifs is 1. The van der Waals surface area contributed by atoms with Crippen molar-refractivity contribution in [2.45, 2.75) is 42.7 Å². The Morgan fingerprint density at radius 3 is 2.71 bits per heavy atom. The van der Waals surface area contributed by atoms with Crippen LogP contribution in [0.15, 0.2) is 41.7 Å². The van der Waals surface area contributed by atoms with E-state index in [1.54, 1.807) is 10.6 Å². The molecule has 1 aliphatic carbocycles. The smallest absolute Gasteiger partial charge is 0.243 e. The lowest BCUT2D eigenvalue weighted by atomic mass is 9.94. The molecule has 1 aromatic carbocycles. The van der Waals surface area contributed by atoms with Crippen LogP contribution in [0, 0.1) is 5.82 Å². The molecular weight excluding hydrogens is 385 g/mol. The number of aliphatic hydroxyl groups is 1. The molecular formula is C18H20FN5O3S. The van der Waals surface area contributed by atoms with Crippen LogP contribution in [0.2, 0.25) is 0 Å². The number of halogens is 1. The summed E-state index contributed by atoms with van der Waals surface area (Å²) in [4.78, 5) is 7.75. The van der Waals surface area contributed by atoms with E-state index < -0.39 is 26.8 Å². The van der Waals surface area contributed by atoms with Crippen molar-refractivity contribution in [2.75, 3.05) is 5.73 Å². The van der Waals surface area contributed by atoms with Gasteiger partial charge in [-0.2, -0.15) is 0 Å². The fraction of sp³-hybridized carbons (Fsp3) is 0.333. The predicted octanol–water partition coefficient (Wildman–Crippen LogP) is 1.70. The highest BCUT2D eigenvalue weighted by Gasteiger charge is 2.27. The Bertz CT molecular complexity index is 1120. The molecule has 8 nitrogen and oxygen atoms in total. The normalized spacial score (nSPS) is 20.5. The van der Waals surface area contributed by atoms with E-state index in [9.17, 15) is 17.9 Å². The first-order chi connectivity index (χ1) is 13.3. The highest BCUT2D eigenvalue weighted by molar-refractivity contribution is 7.89. The molecule has 0 amide bonds. The number of aromatic nitrogens is 3. The van der Waals surface area contributed by atoms with Gasteiger partial charge in [-0.05, 0) is 43.9 Å². The molecule has 4 rings (SSSR count). The Labute approximate surface area is 161 Å². The first-order valence-electron chi connectivity index (χ1n) is 8.93. The lowest BCUT2D eigenvalue weighted by Crippen LogP contribution is -2.38. The van der Waals surface area contributed by atoms with Gasteiger partial charge in [-0.1, -0.05) is 0 Å². The number of anilines is 1. The number of nitrogens with one attached hydrogen (secondary N) is 1. The summed E-state index contributed by atoms with van der Waals surface area (Å²) in [6, 6.07) is 3.58. The highest BCUT2D eigenvalue weighted by Crippen LogP contribution is 2.27. The number of nitrogens with zero attached hydrogens (tertiary/aromatic N) is 3. The van der Waals surface area contributed by atoms with Gasteiger partial charge in [0.2, 0.25) is 10.0 Å². The van der Waals surface area contributed by atoms with Crippen LogP contribution in [0.25, 0.3) is 16.9 Å². The molecule has 1 saturated carbocycles. The zero-order valence-corrected chi connectivity index (χ0v) is 15.7. The molecule has 4 N–H and O–H groups in total. The second-order valence-electron chi connectivity index (χ2n) is 6.92. The standard InChI is InChI=1S/C18H20FN5O3S/c19-14-6-1-11(15-10-22-18-17(20)21-7-8-24(15)18)9-16(14)28(26,27)23-12-2-4-13(25)5-3-12/h1,6-10,12-13,23,25H,2-5H2,(H2,20,21)/t12-,13-. The summed E-state index contributed by atoms with van der Waals surface area (Å²) < 4.78 is 44.2. The van der Waals surface area contributed by atoms with Crippen LogP contribution in [-0.2, 0) is 10.0 Å². The molecule has 2 aromatic heterocycles. The molecule has 28 heavy (non-hydrogen) atoms. The van der Waals surface area contributed by atoms with Crippen molar-refractivity contribution in [2.24, 2.45) is 0 Å². The number of benzene rings is 1. The Hall–Kier alpha value is -2.56. The minimum absolute atomic E-state index is 0.241. The van der Waals surface area contributed by atoms with Crippen LogP contribution >= 0.6 is 0 Å². The van der Waals surface area contributed by atoms with Crippen LogP contribution in [-0.4, -0.2) is 40.0 Å². The van der Waals surface area contributed by atoms with Gasteiger partial charge in [0.05, 0.1) is 18.0 Å². The van der Waals surface area contributed by atoms with E-state index in [1.807, 2.05) is 0 Å². The van der Waals surface area contributed by atoms with Gasteiger partial charge in [0.25, 0.3) is 0 Å². The molecule has 0 saturated heterocycles. The minimum atomic E-state index is -4.06. The van der Waals surface area contributed by atoms with E-state index >= 15 is 0 Å². The summed E-state index contributed by atoms with van der Waals surface area (Å²) in [7, 11) is -4.06. The molecule has 0 atom stereocenters. The van der Waals surface area contributed by atoms with Crippen molar-refractivity contribution in [1.29, 1.82) is 0 Å². The fourth-order valence-corrected chi connectivity index (χ4v) is 4.91. The number of nitrogens with two attached hydrogens (primary N) is 1. The summed E-state index contributed by atoms with van der Waals surface area (Å²) in [6.07, 6.45) is 6.36. The topological polar surface area (TPSA) is 123 Å². The van der Waals surface area contributed by atoms with Crippen molar-refractivity contribution in [3.63, 3.8) is 0 Å². The third kappa shape index (κ3) is 3.46. The number of nitrogen functional groups attached to an aromatic ring is 1. The quantitative estimate of drug-likeness (QED) is 0.607. The molecule has 148 valence electrons. The Balaban J connectivity index is 1.69. The molecule has 3 aromatic rings. The maximum Gasteiger partial charge on any atom is 0.243 e. The lowest BCUT2D eigenvalue weighted by Gasteiger charge is -2.26. The monoisotopic (exact) mass is 405 g/mol. The van der Waals surface area contributed by atoms with Crippen LogP contribution in [0.1, 0.15) is 25.7 Å². The number of sulfonamides is 1. The first-order valence-corrected chi connectivity index (χ1v) is 10.4. The summed E-state index contributed by atoms with van der Waals surface area (Å²) in [5.74, 6) is -0.591. The maximum absolute atomic E-state index is 14.4. The van der Waals surface area contributed by atoms with E-state index in [1.165, 1.54) is 24.5 Å². The van der Waals surface area contributed by atoms with Crippen molar-refractivity contribution in [1.82, 2.24) is 19.1 Å². The van der Waals surface area contributed by atoms with Gasteiger partial charge in [0, 0.05) is 24.0 Å². The average molecular weight is 405 g/mol. The van der Waals surface area contributed by atoms with E-state index in [-0.39, 0.29) is 11.9 Å². The van der Waals surface area contributed by atoms with Crippen molar-refractivity contribution in [3.8, 4) is 11.3 Å². The Morgan fingerprint density at radius 2 is 1.96 bits per heavy atom. The molecule has 2 heterocycles. The van der Waals surface area contributed by atoms with Gasteiger partial charge in [-0.15, -0.1) is 0 Å². The van der Waals surface area contributed by atoms with Gasteiger partial charge in [-0.25, -0.2) is 27.5 Å². The summed E-state index contributed by atoms with van der Waals surface area (Å²) in [5.41, 5.74) is 7.30. The van der Waals surface area contributed by atoms with Gasteiger partial charge in [0.1, 0.15) is 10.7 Å². The molecule has 0 radical (unpaired) electrons. The summed E-state index contributed by atoms with van der Waals surface area (Å²) in [5, 5.41) is 9.58. The van der Waals surface area contributed by atoms with E-state index in [0.29, 0.717) is 42.6 Å². The zero-order valence-electron chi connectivity index (χ0n) is 14.9. The summed E-state index contributed by atoms with van der Waals surface area (Å²) >= 11 is 0. The molecule has 0 spiro atoms. The van der Waals surface area contributed by atoms with Crippen LogP contribution in [0.3, 0.4) is 0 Å². The lowest BCUT2D eigenvalue weighted by molar-refractivity contribution is 0.120. The van der Waals surface area contributed by atoms with E-state index in [4.69, 9.17) is 5.73 Å². The Morgan fingerprint density at radius 1 is 1.21 bits per heavy atom. The van der Waals surface area contributed by atoms with Gasteiger partial charge >= 0.3 is 0 Å². The van der Waals surface area contributed by atoms with E-state index in [0.717, 1.165) is 6.07 Å². The second-order valence-corrected chi connectivity index (χ2v) is 8.60. The third-order valence-corrected chi connectivity index (χ3v) is 6.53. The number of aliphatic hydroxyl groups excluding tert-OH is 1. The Kier molecular flexibility index (Phi) is 4.77. The number of hydrogen-bond acceptors (Lipinski definition) is 6. The number of imidazole rings is 1. The highest BCUT2D eigenvalue weighted by atomic mass is 32.2. The molecule has 0 aliphatic heterocycles. The third-order valence-electron chi connectivity index (χ3n) is 4.99. The second kappa shape index (κ2) is 7.12. The van der Waals surface area contributed by atoms with Gasteiger partial charge in [0.15, 0.2) is 11.5 Å². The van der Waals surface area contributed by atoms with E-state index in [2.05, 4.69) is 14.7 Å². The maximum atomic E-state index is 14.4. The van der Waals surface area contributed by atoms with Crippen molar-refractivity contribution in [3.05, 3.63) is 42.6 Å². The molecule has 0 bridgehead atoms. The largest absolute Gasteiger partial charge is 0.393 e. The van der Waals surface area contributed by atoms with Crippen LogP contribution in [0.4, 0.5) is 10.2 Å². The van der Waals surface area contributed by atoms with Crippen molar-refractivity contribution < 1.29 is 17.9 Å². The SMILES string of the molecule is Nc1nccn2c(-c3ccc(F)c(S(=O)(=O)N[C@H]4CC[C@H](O)CC4)c3)cnc12. The first kappa shape index (κ1) is 18.8. The predicted molar refractivity (Wildman–Crippen MR) is 101 cm³/mol. The molecule has 0 unspecified atom stereocenters.